The number of rotatable bonds is 8. The Morgan fingerprint density at radius 1 is 1.15 bits per heavy atom. The lowest BCUT2D eigenvalue weighted by molar-refractivity contribution is -0.137. The second-order valence-electron chi connectivity index (χ2n) is 8.91. The standard InChI is InChI=1S/C24H30N6O4/c1-28-22-19(23(33)29(24(28)34)14-6-5-9-18(31)32)27-21(30(22)17-7-3-2-4-8-17)16-12-10-15(11-13-16)20(25)26/h10-13,17H,2-9,14H2,1H3,(H3,25,26)(H,31,32). The Morgan fingerprint density at radius 3 is 2.44 bits per heavy atom. The molecular weight excluding hydrogens is 436 g/mol. The van der Waals surface area contributed by atoms with Crippen LogP contribution in [0.1, 0.15) is 63.0 Å². The van der Waals surface area contributed by atoms with Gasteiger partial charge in [0.1, 0.15) is 11.7 Å². The zero-order chi connectivity index (χ0) is 24.4. The molecule has 0 saturated heterocycles. The minimum atomic E-state index is -0.901. The van der Waals surface area contributed by atoms with E-state index < -0.39 is 17.2 Å². The first kappa shape index (κ1) is 23.5. The summed E-state index contributed by atoms with van der Waals surface area (Å²) < 4.78 is 4.68. The molecule has 1 aliphatic rings. The summed E-state index contributed by atoms with van der Waals surface area (Å²) in [5.41, 5.74) is 6.84. The number of carboxylic acids is 1. The van der Waals surface area contributed by atoms with Crippen LogP contribution in [0.4, 0.5) is 0 Å². The maximum absolute atomic E-state index is 13.4. The summed E-state index contributed by atoms with van der Waals surface area (Å²) in [4.78, 5) is 42.1. The van der Waals surface area contributed by atoms with E-state index in [-0.39, 0.29) is 30.4 Å². The van der Waals surface area contributed by atoms with Crippen LogP contribution in [0.25, 0.3) is 22.6 Å². The van der Waals surface area contributed by atoms with Crippen molar-refractivity contribution >= 4 is 23.0 Å². The molecule has 0 bridgehead atoms. The molecule has 0 amide bonds. The molecule has 1 saturated carbocycles. The molecule has 1 aromatic carbocycles. The molecule has 2 aromatic heterocycles. The number of fused-ring (bicyclic) bond motifs is 1. The van der Waals surface area contributed by atoms with Crippen molar-refractivity contribution in [3.05, 3.63) is 50.7 Å². The van der Waals surface area contributed by atoms with Gasteiger partial charge >= 0.3 is 11.7 Å². The molecule has 4 rings (SSSR count). The Morgan fingerprint density at radius 2 is 1.82 bits per heavy atom. The number of aryl methyl sites for hydroxylation is 1. The number of carboxylic acid groups (broad SMARTS) is 1. The summed E-state index contributed by atoms with van der Waals surface area (Å²) in [7, 11) is 1.65. The van der Waals surface area contributed by atoms with Crippen LogP contribution in [-0.2, 0) is 18.4 Å². The Bertz CT molecular complexity index is 1340. The summed E-state index contributed by atoms with van der Waals surface area (Å²) in [6.45, 7) is 0.146. The van der Waals surface area contributed by atoms with Crippen molar-refractivity contribution in [2.75, 3.05) is 0 Å². The molecule has 0 radical (unpaired) electrons. The number of imidazole rings is 1. The highest BCUT2D eigenvalue weighted by atomic mass is 16.4. The van der Waals surface area contributed by atoms with Crippen LogP contribution < -0.4 is 17.0 Å². The maximum atomic E-state index is 13.4. The minimum Gasteiger partial charge on any atom is -0.481 e. The Hall–Kier alpha value is -3.69. The molecule has 1 fully saturated rings. The highest BCUT2D eigenvalue weighted by molar-refractivity contribution is 5.95. The molecular formula is C24H30N6O4. The summed E-state index contributed by atoms with van der Waals surface area (Å²) in [5, 5.41) is 16.5. The zero-order valence-corrected chi connectivity index (χ0v) is 19.3. The molecule has 0 atom stereocenters. The predicted octanol–water partition coefficient (Wildman–Crippen LogP) is 2.61. The molecule has 1 aliphatic carbocycles. The van der Waals surface area contributed by atoms with Gasteiger partial charge in [-0.1, -0.05) is 43.5 Å². The lowest BCUT2D eigenvalue weighted by atomic mass is 9.95. The first-order chi connectivity index (χ1) is 16.3. The largest absolute Gasteiger partial charge is 0.481 e. The van der Waals surface area contributed by atoms with E-state index in [0.717, 1.165) is 42.2 Å². The number of nitrogen functional groups attached to an aromatic ring is 1. The van der Waals surface area contributed by atoms with Gasteiger partial charge in [-0.2, -0.15) is 0 Å². The molecule has 34 heavy (non-hydrogen) atoms. The molecule has 0 aliphatic heterocycles. The van der Waals surface area contributed by atoms with E-state index in [0.29, 0.717) is 29.9 Å². The number of aromatic nitrogens is 4. The second kappa shape index (κ2) is 9.66. The van der Waals surface area contributed by atoms with Gasteiger partial charge in [-0.15, -0.1) is 0 Å². The molecule has 0 unspecified atom stereocenters. The fourth-order valence-corrected chi connectivity index (χ4v) is 4.81. The van der Waals surface area contributed by atoms with Gasteiger partial charge in [0.25, 0.3) is 5.56 Å². The van der Waals surface area contributed by atoms with Gasteiger partial charge in [0.15, 0.2) is 11.2 Å². The van der Waals surface area contributed by atoms with Crippen LogP contribution in [0.2, 0.25) is 0 Å². The highest BCUT2D eigenvalue weighted by Crippen LogP contribution is 2.35. The van der Waals surface area contributed by atoms with Crippen LogP contribution in [0.3, 0.4) is 0 Å². The summed E-state index contributed by atoms with van der Waals surface area (Å²) in [5.74, 6) is -0.310. The SMILES string of the molecule is Cn1c(=O)n(CCCCC(=O)O)c(=O)c2nc(-c3ccc(C(=N)N)cc3)n(C3CCCCC3)c21. The Labute approximate surface area is 196 Å². The van der Waals surface area contributed by atoms with Crippen LogP contribution >= 0.6 is 0 Å². The van der Waals surface area contributed by atoms with Crippen LogP contribution in [0.15, 0.2) is 33.9 Å². The van der Waals surface area contributed by atoms with Gasteiger partial charge in [-0.25, -0.2) is 9.78 Å². The molecule has 10 nitrogen and oxygen atoms in total. The van der Waals surface area contributed by atoms with Crippen molar-refractivity contribution in [2.24, 2.45) is 12.8 Å². The molecule has 3 aromatic rings. The van der Waals surface area contributed by atoms with E-state index in [2.05, 4.69) is 0 Å². The lowest BCUT2D eigenvalue weighted by Gasteiger charge is -2.26. The van der Waals surface area contributed by atoms with Crippen molar-refractivity contribution < 1.29 is 9.90 Å². The van der Waals surface area contributed by atoms with Gasteiger partial charge in [0.2, 0.25) is 0 Å². The zero-order valence-electron chi connectivity index (χ0n) is 19.3. The third-order valence-corrected chi connectivity index (χ3v) is 6.59. The normalized spacial score (nSPS) is 14.5. The van der Waals surface area contributed by atoms with Crippen molar-refractivity contribution in [1.29, 1.82) is 5.41 Å². The van der Waals surface area contributed by atoms with Crippen LogP contribution in [0, 0.1) is 5.41 Å². The van der Waals surface area contributed by atoms with Crippen LogP contribution in [0.5, 0.6) is 0 Å². The Kier molecular flexibility index (Phi) is 6.67. The number of aliphatic carboxylic acids is 1. The highest BCUT2D eigenvalue weighted by Gasteiger charge is 2.26. The van der Waals surface area contributed by atoms with E-state index in [1.165, 1.54) is 4.57 Å². The minimum absolute atomic E-state index is 0.00593. The van der Waals surface area contributed by atoms with Gasteiger partial charge in [-0.05, 0) is 25.7 Å². The number of carbonyl (C=O) groups is 1. The molecule has 10 heteroatoms. The summed E-state index contributed by atoms with van der Waals surface area (Å²) in [6.07, 6.45) is 5.97. The van der Waals surface area contributed by atoms with E-state index in [4.69, 9.17) is 21.2 Å². The first-order valence-electron chi connectivity index (χ1n) is 11.7. The van der Waals surface area contributed by atoms with Gasteiger partial charge < -0.3 is 15.4 Å². The topological polar surface area (TPSA) is 149 Å². The second-order valence-corrected chi connectivity index (χ2v) is 8.91. The molecule has 180 valence electrons. The van der Waals surface area contributed by atoms with E-state index >= 15 is 0 Å². The van der Waals surface area contributed by atoms with E-state index in [1.54, 1.807) is 19.2 Å². The maximum Gasteiger partial charge on any atom is 0.332 e. The predicted molar refractivity (Wildman–Crippen MR) is 129 cm³/mol. The van der Waals surface area contributed by atoms with Crippen molar-refractivity contribution in [3.63, 3.8) is 0 Å². The number of amidine groups is 1. The fraction of sp³-hybridized carbons (Fsp3) is 0.458. The average Bonchev–Trinajstić information content (AvgIpc) is 3.23. The van der Waals surface area contributed by atoms with E-state index in [1.807, 2.05) is 16.7 Å². The number of nitrogens with zero attached hydrogens (tertiary/aromatic N) is 4. The Balaban J connectivity index is 1.87. The van der Waals surface area contributed by atoms with Gasteiger partial charge in [0, 0.05) is 37.2 Å². The number of benzene rings is 1. The quantitative estimate of drug-likeness (QED) is 0.264. The summed E-state index contributed by atoms with van der Waals surface area (Å²) >= 11 is 0. The molecule has 0 spiro atoms. The van der Waals surface area contributed by atoms with Crippen molar-refractivity contribution in [1.82, 2.24) is 18.7 Å². The molecule has 2 heterocycles. The smallest absolute Gasteiger partial charge is 0.332 e. The van der Waals surface area contributed by atoms with Crippen molar-refractivity contribution in [2.45, 2.75) is 64.0 Å². The summed E-state index contributed by atoms with van der Waals surface area (Å²) in [6, 6.07) is 7.29. The number of unbranched alkanes of at least 4 members (excludes halogenated alkanes) is 1. The fourth-order valence-electron chi connectivity index (χ4n) is 4.81. The lowest BCUT2D eigenvalue weighted by Crippen LogP contribution is -2.39. The first-order valence-corrected chi connectivity index (χ1v) is 11.7. The average molecular weight is 467 g/mol. The number of nitrogens with one attached hydrogen (secondary N) is 1. The van der Waals surface area contributed by atoms with Gasteiger partial charge in [-0.3, -0.25) is 24.1 Å². The van der Waals surface area contributed by atoms with Crippen molar-refractivity contribution in [3.8, 4) is 11.4 Å². The van der Waals surface area contributed by atoms with Crippen LogP contribution in [-0.4, -0.2) is 35.6 Å². The van der Waals surface area contributed by atoms with Gasteiger partial charge in [0.05, 0.1) is 0 Å². The van der Waals surface area contributed by atoms with E-state index in [9.17, 15) is 14.4 Å². The monoisotopic (exact) mass is 466 g/mol. The third kappa shape index (κ3) is 4.40. The molecule has 4 N–H and O–H groups in total. The number of nitrogens with two attached hydrogens (primary N) is 1. The third-order valence-electron chi connectivity index (χ3n) is 6.59. The number of hydrogen-bond donors (Lipinski definition) is 3. The number of hydrogen-bond acceptors (Lipinski definition) is 5.